The molecule has 0 amide bonds. The van der Waals surface area contributed by atoms with Gasteiger partial charge in [-0.05, 0) is 72.3 Å². The Hall–Kier alpha value is -1.10. The highest BCUT2D eigenvalue weighted by atomic mass is 16.5. The van der Waals surface area contributed by atoms with Gasteiger partial charge in [0.2, 0.25) is 0 Å². The van der Waals surface area contributed by atoms with Crippen molar-refractivity contribution in [1.82, 2.24) is 10.2 Å². The molecule has 4 nitrogen and oxygen atoms in total. The van der Waals surface area contributed by atoms with Crippen molar-refractivity contribution >= 4 is 0 Å². The molecular weight excluding hydrogens is 312 g/mol. The zero-order valence-corrected chi connectivity index (χ0v) is 16.9. The molecule has 4 heteroatoms. The molecule has 2 rings (SSSR count). The molecule has 0 aromatic heterocycles. The largest absolute Gasteiger partial charge is 0.491 e. The lowest BCUT2D eigenvalue weighted by molar-refractivity contribution is -0.109. The van der Waals surface area contributed by atoms with Gasteiger partial charge in [0, 0.05) is 31.7 Å². The lowest BCUT2D eigenvalue weighted by Gasteiger charge is -2.46. The van der Waals surface area contributed by atoms with Crippen LogP contribution in [0.25, 0.3) is 0 Å². The number of ether oxygens (including phenoxy) is 2. The van der Waals surface area contributed by atoms with Crippen LogP contribution in [-0.2, 0) is 11.3 Å². The van der Waals surface area contributed by atoms with E-state index in [1.165, 1.54) is 5.56 Å². The molecule has 1 atom stereocenters. The zero-order valence-electron chi connectivity index (χ0n) is 16.9. The first-order chi connectivity index (χ1) is 11.7. The van der Waals surface area contributed by atoms with Gasteiger partial charge in [-0.1, -0.05) is 12.1 Å². The van der Waals surface area contributed by atoms with Gasteiger partial charge in [0.1, 0.15) is 5.75 Å². The Balaban J connectivity index is 1.92. The fourth-order valence-corrected chi connectivity index (χ4v) is 4.03. The minimum Gasteiger partial charge on any atom is -0.491 e. The Morgan fingerprint density at radius 1 is 1.20 bits per heavy atom. The smallest absolute Gasteiger partial charge is 0.119 e. The third kappa shape index (κ3) is 6.61. The van der Waals surface area contributed by atoms with E-state index in [0.717, 1.165) is 44.8 Å². The molecule has 1 unspecified atom stereocenters. The van der Waals surface area contributed by atoms with E-state index < -0.39 is 0 Å². The van der Waals surface area contributed by atoms with E-state index in [2.05, 4.69) is 76.3 Å². The molecule has 1 fully saturated rings. The van der Waals surface area contributed by atoms with Gasteiger partial charge in [0.15, 0.2) is 0 Å². The van der Waals surface area contributed by atoms with E-state index in [4.69, 9.17) is 9.47 Å². The number of hydrogen-bond donors (Lipinski definition) is 1. The Bertz CT molecular complexity index is 525. The summed E-state index contributed by atoms with van der Waals surface area (Å²) in [4.78, 5) is 2.31. The highest BCUT2D eigenvalue weighted by Gasteiger charge is 2.40. The summed E-state index contributed by atoms with van der Waals surface area (Å²) in [6.45, 7) is 12.4. The second-order valence-electron chi connectivity index (χ2n) is 8.69. The summed E-state index contributed by atoms with van der Waals surface area (Å²) >= 11 is 0. The van der Waals surface area contributed by atoms with Gasteiger partial charge in [-0.3, -0.25) is 0 Å². The summed E-state index contributed by atoms with van der Waals surface area (Å²) in [5, 5.41) is 3.69. The first kappa shape index (κ1) is 20.2. The third-order valence-electron chi connectivity index (χ3n) is 4.70. The Kier molecular flexibility index (Phi) is 6.89. The lowest BCUT2D eigenvalue weighted by Crippen LogP contribution is -2.50. The minimum atomic E-state index is -0.0359. The molecule has 0 aliphatic carbocycles. The summed E-state index contributed by atoms with van der Waals surface area (Å²) in [6.07, 6.45) is 2.42. The number of nitrogens with zero attached hydrogens (tertiary/aromatic N) is 1. The van der Waals surface area contributed by atoms with E-state index in [1.807, 2.05) is 0 Å². The molecule has 1 saturated heterocycles. The van der Waals surface area contributed by atoms with Gasteiger partial charge in [-0.2, -0.15) is 0 Å². The first-order valence-corrected chi connectivity index (χ1v) is 9.45. The molecule has 0 radical (unpaired) electrons. The van der Waals surface area contributed by atoms with Gasteiger partial charge < -0.3 is 19.7 Å². The van der Waals surface area contributed by atoms with Crippen LogP contribution in [0, 0.1) is 5.41 Å². The van der Waals surface area contributed by atoms with Crippen LogP contribution in [-0.4, -0.2) is 50.4 Å². The average Bonchev–Trinajstić information content (AvgIpc) is 2.46. The van der Waals surface area contributed by atoms with Crippen molar-refractivity contribution in [2.24, 2.45) is 5.41 Å². The minimum absolute atomic E-state index is 0.0359. The zero-order chi connectivity index (χ0) is 18.5. The SMILES string of the molecule is CC(C)Oc1ccc(CNCC2(CN(C)C)CCOC(C)(C)C2)cc1. The highest BCUT2D eigenvalue weighted by Crippen LogP contribution is 2.39. The van der Waals surface area contributed by atoms with Crippen LogP contribution in [0.3, 0.4) is 0 Å². The number of benzene rings is 1. The quantitative estimate of drug-likeness (QED) is 0.777. The third-order valence-corrected chi connectivity index (χ3v) is 4.70. The van der Waals surface area contributed by atoms with Gasteiger partial charge in [0.25, 0.3) is 0 Å². The molecule has 1 aromatic rings. The Morgan fingerprint density at radius 2 is 1.88 bits per heavy atom. The second-order valence-corrected chi connectivity index (χ2v) is 8.69. The number of hydrogen-bond acceptors (Lipinski definition) is 4. The predicted octanol–water partition coefficient (Wildman–Crippen LogP) is 3.70. The molecule has 142 valence electrons. The summed E-state index contributed by atoms with van der Waals surface area (Å²) < 4.78 is 11.7. The number of rotatable bonds is 8. The average molecular weight is 349 g/mol. The van der Waals surface area contributed by atoms with Crippen LogP contribution < -0.4 is 10.1 Å². The highest BCUT2D eigenvalue weighted by molar-refractivity contribution is 5.27. The lowest BCUT2D eigenvalue weighted by atomic mass is 9.73. The van der Waals surface area contributed by atoms with Crippen LogP contribution in [0.5, 0.6) is 5.75 Å². The summed E-state index contributed by atoms with van der Waals surface area (Å²) in [5.41, 5.74) is 1.53. The van der Waals surface area contributed by atoms with Crippen molar-refractivity contribution in [3.05, 3.63) is 29.8 Å². The Morgan fingerprint density at radius 3 is 2.44 bits per heavy atom. The van der Waals surface area contributed by atoms with Crippen LogP contribution in [0.4, 0.5) is 0 Å². The van der Waals surface area contributed by atoms with Crippen LogP contribution >= 0.6 is 0 Å². The topological polar surface area (TPSA) is 33.7 Å². The molecular formula is C21H36N2O2. The fraction of sp³-hybridized carbons (Fsp3) is 0.714. The standard InChI is InChI=1S/C21H36N2O2/c1-17(2)25-19-9-7-18(8-10-19)13-22-15-21(16-23(5)6)11-12-24-20(3,4)14-21/h7-10,17,22H,11-16H2,1-6H3. The van der Waals surface area contributed by atoms with E-state index in [0.29, 0.717) is 0 Å². The molecule has 0 saturated carbocycles. The van der Waals surface area contributed by atoms with E-state index >= 15 is 0 Å². The summed E-state index contributed by atoms with van der Waals surface area (Å²) in [7, 11) is 4.33. The molecule has 1 aromatic carbocycles. The van der Waals surface area contributed by atoms with Crippen molar-refractivity contribution in [1.29, 1.82) is 0 Å². The molecule has 1 aliphatic rings. The molecule has 1 heterocycles. The second kappa shape index (κ2) is 8.52. The van der Waals surface area contributed by atoms with E-state index in [9.17, 15) is 0 Å². The normalized spacial score (nSPS) is 23.2. The molecule has 1 N–H and O–H groups in total. The van der Waals surface area contributed by atoms with Crippen LogP contribution in [0.2, 0.25) is 0 Å². The maximum atomic E-state index is 5.95. The fourth-order valence-electron chi connectivity index (χ4n) is 4.03. The van der Waals surface area contributed by atoms with Gasteiger partial charge >= 0.3 is 0 Å². The van der Waals surface area contributed by atoms with Gasteiger partial charge in [0.05, 0.1) is 11.7 Å². The predicted molar refractivity (Wildman–Crippen MR) is 104 cm³/mol. The van der Waals surface area contributed by atoms with Gasteiger partial charge in [-0.25, -0.2) is 0 Å². The van der Waals surface area contributed by atoms with Gasteiger partial charge in [-0.15, -0.1) is 0 Å². The van der Waals surface area contributed by atoms with E-state index in [-0.39, 0.29) is 17.1 Å². The van der Waals surface area contributed by atoms with Crippen molar-refractivity contribution < 1.29 is 9.47 Å². The molecule has 0 bridgehead atoms. The maximum absolute atomic E-state index is 5.95. The van der Waals surface area contributed by atoms with Crippen molar-refractivity contribution in [2.75, 3.05) is 33.8 Å². The molecule has 1 aliphatic heterocycles. The van der Waals surface area contributed by atoms with Crippen molar-refractivity contribution in [2.45, 2.75) is 58.8 Å². The van der Waals surface area contributed by atoms with Crippen molar-refractivity contribution in [3.63, 3.8) is 0 Å². The summed E-state index contributed by atoms with van der Waals surface area (Å²) in [6, 6.07) is 8.42. The summed E-state index contributed by atoms with van der Waals surface area (Å²) in [5.74, 6) is 0.939. The van der Waals surface area contributed by atoms with E-state index in [1.54, 1.807) is 0 Å². The monoisotopic (exact) mass is 348 g/mol. The first-order valence-electron chi connectivity index (χ1n) is 9.45. The van der Waals surface area contributed by atoms with Crippen LogP contribution in [0.1, 0.15) is 46.1 Å². The number of nitrogens with one attached hydrogen (secondary N) is 1. The van der Waals surface area contributed by atoms with Crippen LogP contribution in [0.15, 0.2) is 24.3 Å². The van der Waals surface area contributed by atoms with Crippen molar-refractivity contribution in [3.8, 4) is 5.75 Å². The molecule has 0 spiro atoms. The Labute approximate surface area is 153 Å². The maximum Gasteiger partial charge on any atom is 0.119 e. The molecule has 25 heavy (non-hydrogen) atoms.